The van der Waals surface area contributed by atoms with Gasteiger partial charge in [-0.15, -0.1) is 0 Å². The molecule has 0 bridgehead atoms. The van der Waals surface area contributed by atoms with Gasteiger partial charge in [-0.1, -0.05) is 12.1 Å². The molecule has 1 amide bonds. The van der Waals surface area contributed by atoms with E-state index in [1.165, 1.54) is 17.0 Å². The fourth-order valence-corrected chi connectivity index (χ4v) is 3.20. The van der Waals surface area contributed by atoms with E-state index in [1.807, 2.05) is 0 Å². The smallest absolute Gasteiger partial charge is 0.290 e. The number of benzene rings is 2. The molecule has 25 heavy (non-hydrogen) atoms. The molecule has 3 aromatic rings. The van der Waals surface area contributed by atoms with Crippen LogP contribution in [-0.4, -0.2) is 22.8 Å². The molecule has 7 nitrogen and oxygen atoms in total. The first kappa shape index (κ1) is 15.1. The summed E-state index contributed by atoms with van der Waals surface area (Å²) in [5.41, 5.74) is 0.916. The summed E-state index contributed by atoms with van der Waals surface area (Å²) in [5, 5.41) is 11.2. The predicted molar refractivity (Wildman–Crippen MR) is 89.5 cm³/mol. The molecule has 1 aliphatic heterocycles. The Kier molecular flexibility index (Phi) is 3.18. The third kappa shape index (κ3) is 2.13. The average Bonchev–Trinajstić information content (AvgIpc) is 2.87. The highest BCUT2D eigenvalue weighted by Crippen LogP contribution is 2.37. The molecule has 0 spiro atoms. The Morgan fingerprint density at radius 3 is 2.44 bits per heavy atom. The number of amides is 1. The molecule has 0 aliphatic carbocycles. The first-order chi connectivity index (χ1) is 12.0. The number of rotatable bonds is 2. The molecule has 0 unspecified atom stereocenters. The molecule has 4 rings (SSSR count). The van der Waals surface area contributed by atoms with Crippen molar-refractivity contribution in [1.82, 2.24) is 4.90 Å². The summed E-state index contributed by atoms with van der Waals surface area (Å²) in [6.07, 6.45) is 0. The van der Waals surface area contributed by atoms with Gasteiger partial charge in [0.05, 0.1) is 21.9 Å². The fourth-order valence-electron chi connectivity index (χ4n) is 3.20. The van der Waals surface area contributed by atoms with Gasteiger partial charge < -0.3 is 9.32 Å². The van der Waals surface area contributed by atoms with E-state index in [2.05, 4.69) is 0 Å². The maximum atomic E-state index is 12.9. The van der Waals surface area contributed by atoms with Crippen molar-refractivity contribution >= 4 is 22.6 Å². The zero-order valence-electron chi connectivity index (χ0n) is 13.1. The molecule has 2 aromatic carbocycles. The van der Waals surface area contributed by atoms with Crippen LogP contribution in [0.5, 0.6) is 0 Å². The fraction of sp³-hybridized carbons (Fsp3) is 0.111. The van der Waals surface area contributed by atoms with Gasteiger partial charge in [-0.25, -0.2) is 0 Å². The highest BCUT2D eigenvalue weighted by Gasteiger charge is 2.40. The summed E-state index contributed by atoms with van der Waals surface area (Å²) in [4.78, 5) is 37.2. The van der Waals surface area contributed by atoms with E-state index in [0.29, 0.717) is 16.5 Å². The van der Waals surface area contributed by atoms with Gasteiger partial charge in [-0.05, 0) is 29.8 Å². The molecule has 7 heteroatoms. The minimum atomic E-state index is -0.635. The Balaban J connectivity index is 1.95. The van der Waals surface area contributed by atoms with Crippen LogP contribution in [-0.2, 0) is 0 Å². The zero-order chi connectivity index (χ0) is 17.7. The minimum absolute atomic E-state index is 0.0227. The van der Waals surface area contributed by atoms with E-state index in [4.69, 9.17) is 4.42 Å². The van der Waals surface area contributed by atoms with Crippen molar-refractivity contribution in [3.05, 3.63) is 85.8 Å². The average molecular weight is 336 g/mol. The summed E-state index contributed by atoms with van der Waals surface area (Å²) in [6, 6.07) is 11.9. The highest BCUT2D eigenvalue weighted by atomic mass is 16.6. The van der Waals surface area contributed by atoms with E-state index in [1.54, 1.807) is 43.4 Å². The first-order valence-electron chi connectivity index (χ1n) is 7.56. The number of nitrogens with zero attached hydrogens (tertiary/aromatic N) is 2. The van der Waals surface area contributed by atoms with E-state index < -0.39 is 11.0 Å². The number of fused-ring (bicyclic) bond motifs is 2. The Bertz CT molecular complexity index is 1080. The number of hydrogen-bond donors (Lipinski definition) is 0. The number of non-ortho nitro benzene ring substituents is 1. The summed E-state index contributed by atoms with van der Waals surface area (Å²) < 4.78 is 5.68. The SMILES string of the molecule is CN1C(=O)c2oc3ccccc3c(=O)c2[C@@H]1c1ccc([N+](=O)[O-])cc1. The monoisotopic (exact) mass is 336 g/mol. The third-order valence-electron chi connectivity index (χ3n) is 4.43. The van der Waals surface area contributed by atoms with Crippen LogP contribution >= 0.6 is 0 Å². The van der Waals surface area contributed by atoms with Crippen LogP contribution in [0, 0.1) is 10.1 Å². The van der Waals surface area contributed by atoms with Crippen molar-refractivity contribution in [2.45, 2.75) is 6.04 Å². The van der Waals surface area contributed by atoms with Crippen LogP contribution in [0.25, 0.3) is 11.0 Å². The number of hydrogen-bond acceptors (Lipinski definition) is 5. The molecular formula is C18H12N2O5. The Hall–Kier alpha value is -3.48. The number of para-hydroxylation sites is 1. The lowest BCUT2D eigenvalue weighted by molar-refractivity contribution is -0.384. The van der Waals surface area contributed by atoms with Crippen LogP contribution in [0.15, 0.2) is 57.7 Å². The molecule has 1 atom stereocenters. The number of nitro groups is 1. The molecule has 2 heterocycles. The summed E-state index contributed by atoms with van der Waals surface area (Å²) in [5.74, 6) is -0.365. The van der Waals surface area contributed by atoms with Crippen molar-refractivity contribution in [1.29, 1.82) is 0 Å². The maximum Gasteiger partial charge on any atom is 0.290 e. The van der Waals surface area contributed by atoms with Crippen LogP contribution in [0.4, 0.5) is 5.69 Å². The van der Waals surface area contributed by atoms with Crippen LogP contribution < -0.4 is 5.43 Å². The molecule has 0 saturated carbocycles. The van der Waals surface area contributed by atoms with Gasteiger partial charge in [0.15, 0.2) is 5.43 Å². The predicted octanol–water partition coefficient (Wildman–Crippen LogP) is 2.88. The topological polar surface area (TPSA) is 93.7 Å². The quantitative estimate of drug-likeness (QED) is 0.530. The van der Waals surface area contributed by atoms with Gasteiger partial charge in [-0.2, -0.15) is 0 Å². The van der Waals surface area contributed by atoms with E-state index in [9.17, 15) is 19.7 Å². The van der Waals surface area contributed by atoms with Crippen LogP contribution in [0.1, 0.15) is 27.7 Å². The lowest BCUT2D eigenvalue weighted by atomic mass is 9.98. The van der Waals surface area contributed by atoms with Crippen molar-refractivity contribution in [2.24, 2.45) is 0 Å². The second kappa shape index (κ2) is 5.27. The largest absolute Gasteiger partial charge is 0.450 e. The first-order valence-corrected chi connectivity index (χ1v) is 7.56. The molecule has 0 radical (unpaired) electrons. The second-order valence-corrected chi connectivity index (χ2v) is 5.84. The van der Waals surface area contributed by atoms with Crippen molar-refractivity contribution in [3.8, 4) is 0 Å². The lowest BCUT2D eigenvalue weighted by Crippen LogP contribution is -2.25. The summed E-state index contributed by atoms with van der Waals surface area (Å²) >= 11 is 0. The molecule has 1 aromatic heterocycles. The molecule has 0 N–H and O–H groups in total. The molecule has 124 valence electrons. The molecular weight excluding hydrogens is 324 g/mol. The lowest BCUT2D eigenvalue weighted by Gasteiger charge is -2.20. The van der Waals surface area contributed by atoms with Crippen molar-refractivity contribution < 1.29 is 14.1 Å². The minimum Gasteiger partial charge on any atom is -0.450 e. The molecule has 1 aliphatic rings. The summed E-state index contributed by atoms with van der Waals surface area (Å²) in [7, 11) is 1.58. The number of carbonyl (C=O) groups excluding carboxylic acids is 1. The van der Waals surface area contributed by atoms with E-state index in [-0.39, 0.29) is 28.3 Å². The van der Waals surface area contributed by atoms with Gasteiger partial charge in [0, 0.05) is 19.2 Å². The van der Waals surface area contributed by atoms with Gasteiger partial charge in [0.25, 0.3) is 11.6 Å². The van der Waals surface area contributed by atoms with Crippen LogP contribution in [0.3, 0.4) is 0 Å². The van der Waals surface area contributed by atoms with E-state index >= 15 is 0 Å². The zero-order valence-corrected chi connectivity index (χ0v) is 13.1. The molecule has 0 saturated heterocycles. The standard InChI is InChI=1S/C18H12N2O5/c1-19-15(10-6-8-11(9-7-10)20(23)24)14-16(21)12-4-2-3-5-13(12)25-17(14)18(19)22/h2-9,15H,1H3/t15-/m0/s1. The third-order valence-corrected chi connectivity index (χ3v) is 4.43. The normalized spacial score (nSPS) is 16.3. The number of carbonyl (C=O) groups is 1. The van der Waals surface area contributed by atoms with E-state index in [0.717, 1.165) is 0 Å². The Labute approximate surface area is 141 Å². The second-order valence-electron chi connectivity index (χ2n) is 5.84. The van der Waals surface area contributed by atoms with Gasteiger partial charge in [0.2, 0.25) is 5.76 Å². The van der Waals surface area contributed by atoms with Crippen LogP contribution in [0.2, 0.25) is 0 Å². The van der Waals surface area contributed by atoms with Gasteiger partial charge in [-0.3, -0.25) is 19.7 Å². The maximum absolute atomic E-state index is 12.9. The van der Waals surface area contributed by atoms with Gasteiger partial charge >= 0.3 is 0 Å². The van der Waals surface area contributed by atoms with Crippen molar-refractivity contribution in [2.75, 3.05) is 7.05 Å². The molecule has 0 fully saturated rings. The summed E-state index contributed by atoms with van der Waals surface area (Å²) in [6.45, 7) is 0. The van der Waals surface area contributed by atoms with Gasteiger partial charge in [0.1, 0.15) is 5.58 Å². The Morgan fingerprint density at radius 1 is 1.08 bits per heavy atom. The number of nitro benzene ring substituents is 1. The highest BCUT2D eigenvalue weighted by molar-refractivity contribution is 5.98. The van der Waals surface area contributed by atoms with Crippen molar-refractivity contribution in [3.63, 3.8) is 0 Å². The Morgan fingerprint density at radius 2 is 1.76 bits per heavy atom.